The molecule has 0 spiro atoms. The van der Waals surface area contributed by atoms with Gasteiger partial charge in [-0.15, -0.1) is 11.3 Å². The number of amides is 1. The van der Waals surface area contributed by atoms with Gasteiger partial charge in [-0.1, -0.05) is 0 Å². The Kier molecular flexibility index (Phi) is 5.99. The Morgan fingerprint density at radius 1 is 1.12 bits per heavy atom. The topological polar surface area (TPSA) is 75.9 Å². The van der Waals surface area contributed by atoms with Crippen molar-refractivity contribution in [2.75, 3.05) is 26.0 Å². The van der Waals surface area contributed by atoms with E-state index in [2.05, 4.69) is 56.9 Å². The minimum atomic E-state index is -0.234. The highest BCUT2D eigenvalue weighted by molar-refractivity contribution is 7.13. The Morgan fingerprint density at radius 3 is 2.73 bits per heavy atom. The number of thiophene rings is 1. The molecule has 9 heteroatoms. The van der Waals surface area contributed by atoms with Crippen molar-refractivity contribution in [2.24, 2.45) is 0 Å². The van der Waals surface area contributed by atoms with Gasteiger partial charge in [-0.25, -0.2) is 4.98 Å². The molecule has 0 saturated heterocycles. The third kappa shape index (κ3) is 4.56. The molecule has 0 aliphatic carbocycles. The van der Waals surface area contributed by atoms with Crippen molar-refractivity contribution < 1.29 is 4.79 Å². The van der Waals surface area contributed by atoms with Crippen molar-refractivity contribution in [3.63, 3.8) is 0 Å². The van der Waals surface area contributed by atoms with Crippen LogP contribution in [0, 0.1) is 0 Å². The van der Waals surface area contributed by atoms with Gasteiger partial charge in [0.25, 0.3) is 5.91 Å². The third-order valence-electron chi connectivity index (χ3n) is 5.28. The number of aromatic nitrogens is 4. The summed E-state index contributed by atoms with van der Waals surface area (Å²) >= 11 is 3.07. The summed E-state index contributed by atoms with van der Waals surface area (Å²) in [6, 6.07) is 9.94. The third-order valence-corrected chi connectivity index (χ3v) is 6.86. The van der Waals surface area contributed by atoms with E-state index in [1.807, 2.05) is 34.5 Å². The Hall–Kier alpha value is -3.40. The summed E-state index contributed by atoms with van der Waals surface area (Å²) < 4.78 is 2.01. The van der Waals surface area contributed by atoms with Crippen molar-refractivity contribution in [3.8, 4) is 21.7 Å². The van der Waals surface area contributed by atoms with Crippen LogP contribution in [0.4, 0.5) is 5.69 Å². The summed E-state index contributed by atoms with van der Waals surface area (Å²) in [5.74, 6) is -0.234. The van der Waals surface area contributed by atoms with Crippen LogP contribution >= 0.6 is 22.7 Å². The van der Waals surface area contributed by atoms with Gasteiger partial charge in [-0.05, 0) is 60.8 Å². The number of thiazole rings is 1. The fourth-order valence-corrected chi connectivity index (χ4v) is 5.01. The van der Waals surface area contributed by atoms with Gasteiger partial charge < -0.3 is 10.2 Å². The molecule has 1 amide bonds. The van der Waals surface area contributed by atoms with Crippen molar-refractivity contribution in [2.45, 2.75) is 6.54 Å². The second-order valence-electron chi connectivity index (χ2n) is 7.87. The minimum Gasteiger partial charge on any atom is -0.320 e. The number of likely N-dealkylation sites (N-methyl/N-ethyl adjacent to an activating group) is 1. The maximum atomic E-state index is 13.1. The van der Waals surface area contributed by atoms with Crippen LogP contribution < -0.4 is 5.32 Å². The number of hydrogen-bond donors (Lipinski definition) is 1. The highest BCUT2D eigenvalue weighted by Gasteiger charge is 2.17. The second kappa shape index (κ2) is 9.22. The van der Waals surface area contributed by atoms with E-state index in [4.69, 9.17) is 0 Å². The molecule has 0 atom stereocenters. The molecule has 7 nitrogen and oxygen atoms in total. The van der Waals surface area contributed by atoms with E-state index in [1.54, 1.807) is 29.1 Å². The number of rotatable bonds is 7. The molecule has 0 unspecified atom stereocenters. The quantitative estimate of drug-likeness (QED) is 0.355. The Labute approximate surface area is 199 Å². The SMILES string of the molecule is CN(C)CCn1ncc2cc(NC(=O)c3csc(-c4ccncc4)n3)c(-c3ccsc3)cc21. The van der Waals surface area contributed by atoms with Crippen molar-refractivity contribution in [1.82, 2.24) is 24.6 Å². The summed E-state index contributed by atoms with van der Waals surface area (Å²) in [5, 5.41) is 15.3. The van der Waals surface area contributed by atoms with Gasteiger partial charge in [0.15, 0.2) is 0 Å². The molecule has 1 N–H and O–H groups in total. The van der Waals surface area contributed by atoms with E-state index in [0.717, 1.165) is 51.4 Å². The van der Waals surface area contributed by atoms with Crippen LogP contribution in [0.5, 0.6) is 0 Å². The van der Waals surface area contributed by atoms with Crippen LogP contribution in [0.3, 0.4) is 0 Å². The normalized spacial score (nSPS) is 11.4. The molecule has 166 valence electrons. The highest BCUT2D eigenvalue weighted by atomic mass is 32.1. The van der Waals surface area contributed by atoms with E-state index in [0.29, 0.717) is 5.69 Å². The molecule has 33 heavy (non-hydrogen) atoms. The standard InChI is InChI=1S/C24H22N6OS2/c1-29(2)8-9-30-22-12-19(17-5-10-32-14-17)20(11-18(22)13-26-30)27-23(31)21-15-33-24(28-21)16-3-6-25-7-4-16/h3-7,10-15H,8-9H2,1-2H3,(H,27,31). The largest absolute Gasteiger partial charge is 0.320 e. The predicted octanol–water partition coefficient (Wildman–Crippen LogP) is 5.10. The summed E-state index contributed by atoms with van der Waals surface area (Å²) in [7, 11) is 4.10. The van der Waals surface area contributed by atoms with E-state index >= 15 is 0 Å². The van der Waals surface area contributed by atoms with E-state index in [9.17, 15) is 4.79 Å². The molecule has 0 saturated carbocycles. The number of nitrogens with one attached hydrogen (secondary N) is 1. The van der Waals surface area contributed by atoms with Crippen LogP contribution in [0.2, 0.25) is 0 Å². The number of nitrogens with zero attached hydrogens (tertiary/aromatic N) is 5. The number of carbonyl (C=O) groups is 1. The van der Waals surface area contributed by atoms with Crippen LogP contribution in [0.15, 0.2) is 65.1 Å². The lowest BCUT2D eigenvalue weighted by Crippen LogP contribution is -2.19. The first-order chi connectivity index (χ1) is 16.1. The zero-order chi connectivity index (χ0) is 22.8. The Balaban J connectivity index is 1.48. The van der Waals surface area contributed by atoms with Gasteiger partial charge in [-0.3, -0.25) is 14.5 Å². The van der Waals surface area contributed by atoms with Crippen LogP contribution in [0.1, 0.15) is 10.5 Å². The van der Waals surface area contributed by atoms with Gasteiger partial charge in [-0.2, -0.15) is 16.4 Å². The molecular formula is C24H22N6OS2. The van der Waals surface area contributed by atoms with Gasteiger partial charge >= 0.3 is 0 Å². The summed E-state index contributed by atoms with van der Waals surface area (Å²) in [6.45, 7) is 1.69. The molecule has 4 aromatic heterocycles. The zero-order valence-corrected chi connectivity index (χ0v) is 19.9. The van der Waals surface area contributed by atoms with Gasteiger partial charge in [0.2, 0.25) is 0 Å². The lowest BCUT2D eigenvalue weighted by molar-refractivity contribution is 0.102. The predicted molar refractivity (Wildman–Crippen MR) is 135 cm³/mol. The van der Waals surface area contributed by atoms with Crippen LogP contribution in [0.25, 0.3) is 32.6 Å². The average Bonchev–Trinajstić information content (AvgIpc) is 3.58. The summed E-state index contributed by atoms with van der Waals surface area (Å²) in [5.41, 5.74) is 5.16. The van der Waals surface area contributed by atoms with Crippen LogP contribution in [-0.2, 0) is 6.54 Å². The first kappa shape index (κ1) is 21.4. The van der Waals surface area contributed by atoms with E-state index < -0.39 is 0 Å². The Bertz CT molecular complexity index is 1390. The lowest BCUT2D eigenvalue weighted by atomic mass is 10.0. The molecule has 0 fully saturated rings. The molecule has 0 aliphatic rings. The average molecular weight is 475 g/mol. The molecule has 1 aromatic carbocycles. The first-order valence-electron chi connectivity index (χ1n) is 10.4. The molecule has 0 bridgehead atoms. The fraction of sp³-hybridized carbons (Fsp3) is 0.167. The smallest absolute Gasteiger partial charge is 0.275 e. The summed E-state index contributed by atoms with van der Waals surface area (Å²) in [6.07, 6.45) is 5.29. The number of benzene rings is 1. The number of anilines is 1. The monoisotopic (exact) mass is 474 g/mol. The van der Waals surface area contributed by atoms with Crippen molar-refractivity contribution in [1.29, 1.82) is 0 Å². The van der Waals surface area contributed by atoms with Crippen molar-refractivity contribution >= 4 is 45.2 Å². The van der Waals surface area contributed by atoms with E-state index in [-0.39, 0.29) is 5.91 Å². The molecule has 5 aromatic rings. The Morgan fingerprint density at radius 2 is 1.97 bits per heavy atom. The maximum Gasteiger partial charge on any atom is 0.275 e. The number of hydrogen-bond acceptors (Lipinski definition) is 7. The summed E-state index contributed by atoms with van der Waals surface area (Å²) in [4.78, 5) is 23.8. The van der Waals surface area contributed by atoms with Crippen LogP contribution in [-0.4, -0.2) is 51.2 Å². The van der Waals surface area contributed by atoms with E-state index in [1.165, 1.54) is 11.3 Å². The fourth-order valence-electron chi connectivity index (χ4n) is 3.55. The second-order valence-corrected chi connectivity index (χ2v) is 9.51. The highest BCUT2D eigenvalue weighted by Crippen LogP contribution is 2.34. The number of pyridine rings is 1. The molecule has 4 heterocycles. The number of fused-ring (bicyclic) bond motifs is 1. The first-order valence-corrected chi connectivity index (χ1v) is 12.2. The number of carbonyl (C=O) groups excluding carboxylic acids is 1. The van der Waals surface area contributed by atoms with Crippen molar-refractivity contribution in [3.05, 3.63) is 70.8 Å². The lowest BCUT2D eigenvalue weighted by Gasteiger charge is -2.13. The van der Waals surface area contributed by atoms with Gasteiger partial charge in [0.05, 0.1) is 18.3 Å². The van der Waals surface area contributed by atoms with Gasteiger partial charge in [0, 0.05) is 46.5 Å². The molecule has 0 radical (unpaired) electrons. The zero-order valence-electron chi connectivity index (χ0n) is 18.2. The minimum absolute atomic E-state index is 0.234. The molecule has 5 rings (SSSR count). The molecular weight excluding hydrogens is 452 g/mol. The van der Waals surface area contributed by atoms with Gasteiger partial charge in [0.1, 0.15) is 10.7 Å². The maximum absolute atomic E-state index is 13.1. The molecule has 0 aliphatic heterocycles.